The van der Waals surface area contributed by atoms with Gasteiger partial charge in [-0.3, -0.25) is 0 Å². The fraction of sp³-hybridized carbons (Fsp3) is 0.467. The third kappa shape index (κ3) is 2.27. The molecule has 3 heteroatoms. The second-order valence-electron chi connectivity index (χ2n) is 4.94. The molecule has 1 aromatic heterocycles. The molecule has 2 atom stereocenters. The lowest BCUT2D eigenvalue weighted by Gasteiger charge is -2.16. The van der Waals surface area contributed by atoms with E-state index in [0.29, 0.717) is 11.3 Å². The second-order valence-corrected chi connectivity index (χ2v) is 4.94. The van der Waals surface area contributed by atoms with Crippen LogP contribution in [0.4, 0.5) is 4.39 Å². The van der Waals surface area contributed by atoms with Crippen molar-refractivity contribution < 1.29 is 13.9 Å². The first-order chi connectivity index (χ1) is 8.54. The molecule has 0 fully saturated rings. The summed E-state index contributed by atoms with van der Waals surface area (Å²) in [7, 11) is 0. The standard InChI is InChI=1S/C15H19FO2/c1-4-5-9(2)14(17)15-10(3)12-8-11(16)6-7-13(12)18-15/h6-9,14,17H,4-5H2,1-3H3. The van der Waals surface area contributed by atoms with E-state index >= 15 is 0 Å². The first-order valence-electron chi connectivity index (χ1n) is 6.41. The van der Waals surface area contributed by atoms with Crippen molar-refractivity contribution in [2.45, 2.75) is 39.7 Å². The second kappa shape index (κ2) is 5.11. The monoisotopic (exact) mass is 250 g/mol. The van der Waals surface area contributed by atoms with Crippen LogP contribution in [0.1, 0.15) is 44.1 Å². The molecule has 2 unspecified atom stereocenters. The van der Waals surface area contributed by atoms with Gasteiger partial charge in [-0.1, -0.05) is 20.3 Å². The molecule has 0 radical (unpaired) electrons. The van der Waals surface area contributed by atoms with Gasteiger partial charge in [0.1, 0.15) is 23.3 Å². The Kier molecular flexibility index (Phi) is 3.71. The van der Waals surface area contributed by atoms with Gasteiger partial charge in [0.25, 0.3) is 0 Å². The van der Waals surface area contributed by atoms with E-state index in [1.165, 1.54) is 12.1 Å². The molecule has 2 rings (SSSR count). The van der Waals surface area contributed by atoms with Gasteiger partial charge in [-0.2, -0.15) is 0 Å². The van der Waals surface area contributed by atoms with Gasteiger partial charge in [-0.25, -0.2) is 4.39 Å². The molecule has 0 aliphatic rings. The number of benzene rings is 1. The third-order valence-electron chi connectivity index (χ3n) is 3.49. The summed E-state index contributed by atoms with van der Waals surface area (Å²) in [5.74, 6) is 0.421. The average Bonchev–Trinajstić information content (AvgIpc) is 2.66. The fourth-order valence-electron chi connectivity index (χ4n) is 2.37. The van der Waals surface area contributed by atoms with Gasteiger partial charge >= 0.3 is 0 Å². The number of halogens is 1. The van der Waals surface area contributed by atoms with Crippen LogP contribution in [-0.2, 0) is 0 Å². The van der Waals surface area contributed by atoms with Crippen molar-refractivity contribution in [1.82, 2.24) is 0 Å². The van der Waals surface area contributed by atoms with Crippen molar-refractivity contribution in [3.05, 3.63) is 35.3 Å². The summed E-state index contributed by atoms with van der Waals surface area (Å²) >= 11 is 0. The summed E-state index contributed by atoms with van der Waals surface area (Å²) < 4.78 is 18.9. The van der Waals surface area contributed by atoms with Crippen LogP contribution in [0.2, 0.25) is 0 Å². The average molecular weight is 250 g/mol. The van der Waals surface area contributed by atoms with E-state index in [1.807, 2.05) is 13.8 Å². The number of rotatable bonds is 4. The van der Waals surface area contributed by atoms with Crippen LogP contribution < -0.4 is 0 Å². The zero-order chi connectivity index (χ0) is 13.3. The summed E-state index contributed by atoms with van der Waals surface area (Å²) in [4.78, 5) is 0. The molecule has 0 amide bonds. The van der Waals surface area contributed by atoms with Crippen LogP contribution in [-0.4, -0.2) is 5.11 Å². The topological polar surface area (TPSA) is 33.4 Å². The summed E-state index contributed by atoms with van der Waals surface area (Å²) in [6.45, 7) is 5.95. The minimum atomic E-state index is -0.625. The molecular weight excluding hydrogens is 231 g/mol. The van der Waals surface area contributed by atoms with Gasteiger partial charge in [0.05, 0.1) is 0 Å². The summed E-state index contributed by atoms with van der Waals surface area (Å²) in [6, 6.07) is 4.43. The predicted octanol–water partition coefficient (Wildman–Crippen LogP) is 4.35. The quantitative estimate of drug-likeness (QED) is 0.875. The number of hydrogen-bond donors (Lipinski definition) is 1. The highest BCUT2D eigenvalue weighted by atomic mass is 19.1. The molecular formula is C15H19FO2. The van der Waals surface area contributed by atoms with Crippen molar-refractivity contribution in [2.24, 2.45) is 5.92 Å². The van der Waals surface area contributed by atoms with E-state index in [0.717, 1.165) is 23.8 Å². The Hall–Kier alpha value is -1.35. The molecule has 18 heavy (non-hydrogen) atoms. The highest BCUT2D eigenvalue weighted by Gasteiger charge is 2.23. The Bertz CT molecular complexity index is 545. The number of aliphatic hydroxyl groups excluding tert-OH is 1. The van der Waals surface area contributed by atoms with E-state index in [1.54, 1.807) is 6.07 Å². The van der Waals surface area contributed by atoms with Gasteiger partial charge in [0.2, 0.25) is 0 Å². The van der Waals surface area contributed by atoms with Crippen LogP contribution in [0.5, 0.6) is 0 Å². The van der Waals surface area contributed by atoms with Crippen LogP contribution in [0.15, 0.2) is 22.6 Å². The van der Waals surface area contributed by atoms with E-state index in [-0.39, 0.29) is 11.7 Å². The number of aliphatic hydroxyl groups is 1. The minimum Gasteiger partial charge on any atom is -0.458 e. The van der Waals surface area contributed by atoms with Crippen molar-refractivity contribution in [3.63, 3.8) is 0 Å². The maximum atomic E-state index is 13.2. The summed E-state index contributed by atoms with van der Waals surface area (Å²) in [6.07, 6.45) is 1.33. The molecule has 2 aromatic rings. The van der Waals surface area contributed by atoms with Crippen LogP contribution in [0, 0.1) is 18.7 Å². The molecule has 1 aromatic carbocycles. The van der Waals surface area contributed by atoms with Gasteiger partial charge in [0.15, 0.2) is 0 Å². The van der Waals surface area contributed by atoms with Crippen molar-refractivity contribution in [3.8, 4) is 0 Å². The Morgan fingerprint density at radius 3 is 2.78 bits per heavy atom. The Morgan fingerprint density at radius 2 is 2.11 bits per heavy atom. The number of aryl methyl sites for hydroxylation is 1. The highest BCUT2D eigenvalue weighted by Crippen LogP contribution is 2.34. The molecule has 0 saturated heterocycles. The first kappa shape index (κ1) is 13.1. The van der Waals surface area contributed by atoms with Gasteiger partial charge in [-0.15, -0.1) is 0 Å². The number of hydrogen-bond acceptors (Lipinski definition) is 2. The lowest BCUT2D eigenvalue weighted by Crippen LogP contribution is -2.09. The van der Waals surface area contributed by atoms with E-state index < -0.39 is 6.10 Å². The normalized spacial score (nSPS) is 14.9. The van der Waals surface area contributed by atoms with Gasteiger partial charge in [-0.05, 0) is 37.5 Å². The molecule has 1 N–H and O–H groups in total. The predicted molar refractivity (Wildman–Crippen MR) is 69.9 cm³/mol. The lowest BCUT2D eigenvalue weighted by molar-refractivity contribution is 0.0905. The Balaban J connectivity index is 2.42. The maximum absolute atomic E-state index is 13.2. The molecule has 0 bridgehead atoms. The highest BCUT2D eigenvalue weighted by molar-refractivity contribution is 5.82. The zero-order valence-corrected chi connectivity index (χ0v) is 11.0. The fourth-order valence-corrected chi connectivity index (χ4v) is 2.37. The van der Waals surface area contributed by atoms with Crippen LogP contribution >= 0.6 is 0 Å². The minimum absolute atomic E-state index is 0.138. The van der Waals surface area contributed by atoms with Crippen LogP contribution in [0.25, 0.3) is 11.0 Å². The van der Waals surface area contributed by atoms with Crippen LogP contribution in [0.3, 0.4) is 0 Å². The van der Waals surface area contributed by atoms with Crippen molar-refractivity contribution in [1.29, 1.82) is 0 Å². The third-order valence-corrected chi connectivity index (χ3v) is 3.49. The van der Waals surface area contributed by atoms with Gasteiger partial charge in [0, 0.05) is 10.9 Å². The molecule has 98 valence electrons. The molecule has 2 nitrogen and oxygen atoms in total. The number of fused-ring (bicyclic) bond motifs is 1. The molecule has 0 saturated carbocycles. The molecule has 0 spiro atoms. The largest absolute Gasteiger partial charge is 0.458 e. The lowest BCUT2D eigenvalue weighted by atomic mass is 9.95. The molecule has 1 heterocycles. The van der Waals surface area contributed by atoms with E-state index in [2.05, 4.69) is 6.92 Å². The SMILES string of the molecule is CCCC(C)C(O)c1oc2ccc(F)cc2c1C. The zero-order valence-electron chi connectivity index (χ0n) is 11.0. The molecule has 0 aliphatic heterocycles. The summed E-state index contributed by atoms with van der Waals surface area (Å²) in [5, 5.41) is 11.0. The van der Waals surface area contributed by atoms with E-state index in [4.69, 9.17) is 4.42 Å². The first-order valence-corrected chi connectivity index (χ1v) is 6.41. The molecule has 0 aliphatic carbocycles. The smallest absolute Gasteiger partial charge is 0.136 e. The van der Waals surface area contributed by atoms with Crippen molar-refractivity contribution >= 4 is 11.0 Å². The number of furan rings is 1. The maximum Gasteiger partial charge on any atom is 0.136 e. The van der Waals surface area contributed by atoms with Gasteiger partial charge < -0.3 is 9.52 Å². The Labute approximate surface area is 106 Å². The van der Waals surface area contributed by atoms with Crippen molar-refractivity contribution in [2.75, 3.05) is 0 Å². The van der Waals surface area contributed by atoms with E-state index in [9.17, 15) is 9.50 Å². The Morgan fingerprint density at radius 1 is 1.39 bits per heavy atom. The summed E-state index contributed by atoms with van der Waals surface area (Å²) in [5.41, 5.74) is 1.46.